The number of hydrogen-bond donors (Lipinski definition) is 2. The van der Waals surface area contributed by atoms with Crippen molar-refractivity contribution in [1.29, 1.82) is 0 Å². The third-order valence-corrected chi connectivity index (χ3v) is 4.60. The average Bonchev–Trinajstić information content (AvgIpc) is 3.22. The normalized spacial score (nSPS) is 21.6. The van der Waals surface area contributed by atoms with Crippen LogP contribution in [0.25, 0.3) is 0 Å². The molecule has 0 aromatic carbocycles. The summed E-state index contributed by atoms with van der Waals surface area (Å²) in [6, 6.07) is 2.19. The van der Waals surface area contributed by atoms with Gasteiger partial charge >= 0.3 is 0 Å². The van der Waals surface area contributed by atoms with Gasteiger partial charge in [0.15, 0.2) is 0 Å². The predicted molar refractivity (Wildman–Crippen MR) is 77.9 cm³/mol. The van der Waals surface area contributed by atoms with E-state index < -0.39 is 0 Å². The van der Waals surface area contributed by atoms with Crippen LogP contribution in [0.3, 0.4) is 0 Å². The zero-order valence-corrected chi connectivity index (χ0v) is 12.2. The lowest BCUT2D eigenvalue weighted by molar-refractivity contribution is 0.0510. The third kappa shape index (κ3) is 2.90. The first kappa shape index (κ1) is 13.7. The van der Waals surface area contributed by atoms with Crippen molar-refractivity contribution < 1.29 is 9.53 Å². The lowest BCUT2D eigenvalue weighted by atomic mass is 9.90. The zero-order valence-electron chi connectivity index (χ0n) is 12.2. The van der Waals surface area contributed by atoms with Crippen molar-refractivity contribution >= 4 is 5.91 Å². The van der Waals surface area contributed by atoms with Crippen LogP contribution >= 0.6 is 0 Å². The second-order valence-electron chi connectivity index (χ2n) is 6.02. The largest absolute Gasteiger partial charge is 0.381 e. The molecule has 1 aromatic rings. The van der Waals surface area contributed by atoms with Gasteiger partial charge in [0.05, 0.1) is 5.56 Å². The third-order valence-electron chi connectivity index (χ3n) is 4.60. The van der Waals surface area contributed by atoms with Crippen molar-refractivity contribution in [3.05, 3.63) is 23.5 Å². The quantitative estimate of drug-likeness (QED) is 0.869. The highest BCUT2D eigenvalue weighted by Gasteiger charge is 2.30. The summed E-state index contributed by atoms with van der Waals surface area (Å²) in [5, 5.41) is 3.25. The number of rotatable bonds is 5. The van der Waals surface area contributed by atoms with Gasteiger partial charge in [0.2, 0.25) is 0 Å². The molecule has 1 saturated heterocycles. The molecular formula is C16H24N2O2. The van der Waals surface area contributed by atoms with Crippen molar-refractivity contribution in [2.75, 3.05) is 13.2 Å². The van der Waals surface area contributed by atoms with E-state index in [4.69, 9.17) is 4.74 Å². The van der Waals surface area contributed by atoms with Crippen LogP contribution in [0.5, 0.6) is 0 Å². The van der Waals surface area contributed by atoms with E-state index in [0.717, 1.165) is 43.7 Å². The monoisotopic (exact) mass is 276 g/mol. The molecule has 110 valence electrons. The number of amides is 1. The lowest BCUT2D eigenvalue weighted by Crippen LogP contribution is -2.42. The molecule has 1 saturated carbocycles. The molecule has 20 heavy (non-hydrogen) atoms. The van der Waals surface area contributed by atoms with Crippen LogP contribution in [0.4, 0.5) is 0 Å². The molecule has 2 aliphatic rings. The van der Waals surface area contributed by atoms with Crippen LogP contribution in [-0.4, -0.2) is 30.1 Å². The van der Waals surface area contributed by atoms with Crippen molar-refractivity contribution in [2.45, 2.75) is 51.0 Å². The van der Waals surface area contributed by atoms with Crippen LogP contribution in [0.1, 0.15) is 61.0 Å². The molecule has 0 spiro atoms. The summed E-state index contributed by atoms with van der Waals surface area (Å²) < 4.78 is 5.41. The Labute approximate surface area is 120 Å². The maximum absolute atomic E-state index is 12.5. The van der Waals surface area contributed by atoms with Gasteiger partial charge in [-0.1, -0.05) is 6.92 Å². The SMILES string of the molecule is CCC(NC(=O)c1cc[nH]c1C1CC1)C1CCOCC1. The van der Waals surface area contributed by atoms with Crippen LogP contribution < -0.4 is 5.32 Å². The van der Waals surface area contributed by atoms with Crippen LogP contribution in [0.15, 0.2) is 12.3 Å². The smallest absolute Gasteiger partial charge is 0.253 e. The first-order valence-corrected chi connectivity index (χ1v) is 7.85. The molecule has 1 aliphatic heterocycles. The molecule has 1 aliphatic carbocycles. The number of carbonyl (C=O) groups excluding carboxylic acids is 1. The summed E-state index contributed by atoms with van der Waals surface area (Å²) in [4.78, 5) is 15.7. The van der Waals surface area contributed by atoms with E-state index in [2.05, 4.69) is 17.2 Å². The standard InChI is InChI=1S/C16H24N2O2/c1-2-14(11-6-9-20-10-7-11)18-16(19)13-5-8-17-15(13)12-3-4-12/h5,8,11-12,14,17H,2-4,6-7,9-10H2,1H3,(H,18,19). The maximum atomic E-state index is 12.5. The minimum Gasteiger partial charge on any atom is -0.381 e. The van der Waals surface area contributed by atoms with E-state index in [0.29, 0.717) is 11.8 Å². The summed E-state index contributed by atoms with van der Waals surface area (Å²) in [6.45, 7) is 3.81. The van der Waals surface area contributed by atoms with Gasteiger partial charge in [0.1, 0.15) is 0 Å². The first-order chi connectivity index (χ1) is 9.79. The number of aromatic nitrogens is 1. The molecule has 1 amide bonds. The Morgan fingerprint density at radius 1 is 1.40 bits per heavy atom. The van der Waals surface area contributed by atoms with Gasteiger partial charge in [-0.3, -0.25) is 4.79 Å². The van der Waals surface area contributed by atoms with E-state index >= 15 is 0 Å². The second kappa shape index (κ2) is 6.00. The number of carbonyl (C=O) groups is 1. The highest BCUT2D eigenvalue weighted by atomic mass is 16.5. The fraction of sp³-hybridized carbons (Fsp3) is 0.688. The van der Waals surface area contributed by atoms with Gasteiger partial charge in [-0.25, -0.2) is 0 Å². The van der Waals surface area contributed by atoms with Gasteiger partial charge in [-0.05, 0) is 50.0 Å². The van der Waals surface area contributed by atoms with E-state index in [9.17, 15) is 4.79 Å². The second-order valence-corrected chi connectivity index (χ2v) is 6.02. The summed E-state index contributed by atoms with van der Waals surface area (Å²) in [5.74, 6) is 1.22. The number of H-pyrrole nitrogens is 1. The Balaban J connectivity index is 1.65. The molecule has 2 heterocycles. The van der Waals surface area contributed by atoms with E-state index in [1.807, 2.05) is 12.3 Å². The Hall–Kier alpha value is -1.29. The van der Waals surface area contributed by atoms with Crippen LogP contribution in [0, 0.1) is 5.92 Å². The average molecular weight is 276 g/mol. The Morgan fingerprint density at radius 2 is 2.15 bits per heavy atom. The zero-order chi connectivity index (χ0) is 13.9. The topological polar surface area (TPSA) is 54.1 Å². The first-order valence-electron chi connectivity index (χ1n) is 7.85. The minimum atomic E-state index is 0.0893. The van der Waals surface area contributed by atoms with Gasteiger partial charge in [-0.15, -0.1) is 0 Å². The molecule has 2 N–H and O–H groups in total. The van der Waals surface area contributed by atoms with Gasteiger partial charge in [0.25, 0.3) is 5.91 Å². The molecule has 0 radical (unpaired) electrons. The Bertz CT molecular complexity index is 459. The van der Waals surface area contributed by atoms with Crippen LogP contribution in [-0.2, 0) is 4.74 Å². The van der Waals surface area contributed by atoms with E-state index in [1.54, 1.807) is 0 Å². The number of nitrogens with one attached hydrogen (secondary N) is 2. The Morgan fingerprint density at radius 3 is 2.80 bits per heavy atom. The molecule has 0 bridgehead atoms. The number of ether oxygens (including phenoxy) is 1. The molecule has 3 rings (SSSR count). The molecule has 2 fully saturated rings. The molecule has 4 nitrogen and oxygen atoms in total. The highest BCUT2D eigenvalue weighted by Crippen LogP contribution is 2.40. The van der Waals surface area contributed by atoms with Gasteiger partial charge < -0.3 is 15.0 Å². The summed E-state index contributed by atoms with van der Waals surface area (Å²) >= 11 is 0. The molecule has 4 heteroatoms. The van der Waals surface area contributed by atoms with Crippen molar-refractivity contribution in [3.63, 3.8) is 0 Å². The fourth-order valence-electron chi connectivity index (χ4n) is 3.21. The van der Waals surface area contributed by atoms with E-state index in [1.165, 1.54) is 12.8 Å². The number of hydrogen-bond acceptors (Lipinski definition) is 2. The molecule has 1 aromatic heterocycles. The van der Waals surface area contributed by atoms with Gasteiger partial charge in [-0.2, -0.15) is 0 Å². The molecular weight excluding hydrogens is 252 g/mol. The lowest BCUT2D eigenvalue weighted by Gasteiger charge is -2.30. The Kier molecular flexibility index (Phi) is 4.10. The number of aromatic amines is 1. The minimum absolute atomic E-state index is 0.0893. The summed E-state index contributed by atoms with van der Waals surface area (Å²) in [7, 11) is 0. The van der Waals surface area contributed by atoms with Crippen molar-refractivity contribution in [2.24, 2.45) is 5.92 Å². The maximum Gasteiger partial charge on any atom is 0.253 e. The summed E-state index contributed by atoms with van der Waals surface area (Å²) in [6.07, 6.45) is 7.40. The molecule has 1 unspecified atom stereocenters. The van der Waals surface area contributed by atoms with Crippen molar-refractivity contribution in [1.82, 2.24) is 10.3 Å². The summed E-state index contributed by atoms with van der Waals surface area (Å²) in [5.41, 5.74) is 1.97. The van der Waals surface area contributed by atoms with Crippen LogP contribution in [0.2, 0.25) is 0 Å². The predicted octanol–water partition coefficient (Wildman–Crippen LogP) is 2.83. The fourth-order valence-corrected chi connectivity index (χ4v) is 3.21. The van der Waals surface area contributed by atoms with E-state index in [-0.39, 0.29) is 11.9 Å². The van der Waals surface area contributed by atoms with Crippen molar-refractivity contribution in [3.8, 4) is 0 Å². The highest BCUT2D eigenvalue weighted by molar-refractivity contribution is 5.95. The van der Waals surface area contributed by atoms with Gasteiger partial charge in [0, 0.05) is 31.1 Å². The molecule has 1 atom stereocenters.